The van der Waals surface area contributed by atoms with E-state index >= 15 is 0 Å². The van der Waals surface area contributed by atoms with E-state index in [2.05, 4.69) is 17.4 Å². The fraction of sp³-hybridized carbons (Fsp3) is 0.375. The van der Waals surface area contributed by atoms with Gasteiger partial charge in [0.25, 0.3) is 5.91 Å². The summed E-state index contributed by atoms with van der Waals surface area (Å²) in [5, 5.41) is 17.5. The standard InChI is InChI=1S/C16H17N3O5/c1-10-6-7-12-11(8-10)16(24-18-12)17-15(20)9-23-14-5-3-2-4-13(14)19(21)22/h2-5,10H,6-9H2,1H3,(H,17,20)/t10-/m1/s1. The van der Waals surface area contributed by atoms with E-state index in [0.717, 1.165) is 30.5 Å². The van der Waals surface area contributed by atoms with Crippen molar-refractivity contribution in [2.24, 2.45) is 5.92 Å². The maximum absolute atomic E-state index is 12.0. The van der Waals surface area contributed by atoms with E-state index < -0.39 is 10.8 Å². The molecule has 1 aliphatic rings. The molecule has 8 heteroatoms. The van der Waals surface area contributed by atoms with Gasteiger partial charge in [-0.2, -0.15) is 0 Å². The van der Waals surface area contributed by atoms with Crippen molar-refractivity contribution in [2.75, 3.05) is 11.9 Å². The van der Waals surface area contributed by atoms with Gasteiger partial charge in [0, 0.05) is 11.6 Å². The molecule has 0 spiro atoms. The van der Waals surface area contributed by atoms with Crippen LogP contribution in [-0.4, -0.2) is 22.6 Å². The number of hydrogen-bond acceptors (Lipinski definition) is 6. The number of para-hydroxylation sites is 2. The Labute approximate surface area is 137 Å². The number of hydrogen-bond donors (Lipinski definition) is 1. The summed E-state index contributed by atoms with van der Waals surface area (Å²) in [7, 11) is 0. The summed E-state index contributed by atoms with van der Waals surface area (Å²) >= 11 is 0. The van der Waals surface area contributed by atoms with Crippen LogP contribution in [0.3, 0.4) is 0 Å². The lowest BCUT2D eigenvalue weighted by Gasteiger charge is -2.16. The van der Waals surface area contributed by atoms with Crippen LogP contribution in [0.2, 0.25) is 0 Å². The number of nitrogens with one attached hydrogen (secondary N) is 1. The van der Waals surface area contributed by atoms with Gasteiger partial charge in [-0.1, -0.05) is 24.2 Å². The number of rotatable bonds is 5. The number of benzene rings is 1. The van der Waals surface area contributed by atoms with Crippen LogP contribution >= 0.6 is 0 Å². The number of aryl methyl sites for hydroxylation is 1. The van der Waals surface area contributed by atoms with Crippen molar-refractivity contribution in [3.63, 3.8) is 0 Å². The first kappa shape index (κ1) is 16.0. The van der Waals surface area contributed by atoms with Gasteiger partial charge in [0.1, 0.15) is 0 Å². The lowest BCUT2D eigenvalue weighted by atomic mass is 9.89. The Morgan fingerprint density at radius 2 is 2.29 bits per heavy atom. The van der Waals surface area contributed by atoms with Crippen LogP contribution in [0.1, 0.15) is 24.6 Å². The summed E-state index contributed by atoms with van der Waals surface area (Å²) in [4.78, 5) is 22.4. The second-order valence-corrected chi connectivity index (χ2v) is 5.85. The van der Waals surface area contributed by atoms with E-state index in [1.807, 2.05) is 0 Å². The van der Waals surface area contributed by atoms with Gasteiger partial charge in [-0.05, 0) is 31.2 Å². The molecule has 3 rings (SSSR count). The molecule has 0 bridgehead atoms. The SMILES string of the molecule is C[C@@H]1CCc2noc(NC(=O)COc3ccccc3[N+](=O)[O-])c2C1. The van der Waals surface area contributed by atoms with E-state index in [1.54, 1.807) is 6.07 Å². The molecule has 0 unspecified atom stereocenters. The average Bonchev–Trinajstić information content (AvgIpc) is 2.95. The highest BCUT2D eigenvalue weighted by atomic mass is 16.6. The number of fused-ring (bicyclic) bond motifs is 1. The van der Waals surface area contributed by atoms with Gasteiger partial charge in [0.2, 0.25) is 5.88 Å². The van der Waals surface area contributed by atoms with Crippen LogP contribution in [0.5, 0.6) is 5.75 Å². The monoisotopic (exact) mass is 331 g/mol. The van der Waals surface area contributed by atoms with E-state index in [4.69, 9.17) is 9.26 Å². The number of nitro benzene ring substituents is 1. The fourth-order valence-electron chi connectivity index (χ4n) is 2.72. The zero-order chi connectivity index (χ0) is 17.1. The van der Waals surface area contributed by atoms with Crippen LogP contribution < -0.4 is 10.1 Å². The first-order chi connectivity index (χ1) is 11.5. The number of anilines is 1. The fourth-order valence-corrected chi connectivity index (χ4v) is 2.72. The Morgan fingerprint density at radius 1 is 1.50 bits per heavy atom. The van der Waals surface area contributed by atoms with Crippen molar-refractivity contribution >= 4 is 17.5 Å². The predicted molar refractivity (Wildman–Crippen MR) is 84.9 cm³/mol. The van der Waals surface area contributed by atoms with Gasteiger partial charge < -0.3 is 9.26 Å². The van der Waals surface area contributed by atoms with Gasteiger partial charge in [-0.3, -0.25) is 20.2 Å². The molecular formula is C16H17N3O5. The number of nitro groups is 1. The lowest BCUT2D eigenvalue weighted by molar-refractivity contribution is -0.385. The van der Waals surface area contributed by atoms with Crippen LogP contribution in [0.4, 0.5) is 11.6 Å². The molecule has 24 heavy (non-hydrogen) atoms. The number of carbonyl (C=O) groups is 1. The zero-order valence-electron chi connectivity index (χ0n) is 13.2. The third-order valence-electron chi connectivity index (χ3n) is 3.97. The Bertz CT molecular complexity index is 771. The molecule has 0 saturated carbocycles. The molecular weight excluding hydrogens is 314 g/mol. The third-order valence-corrected chi connectivity index (χ3v) is 3.97. The normalized spacial score (nSPS) is 16.3. The maximum Gasteiger partial charge on any atom is 0.310 e. The van der Waals surface area contributed by atoms with Crippen LogP contribution in [-0.2, 0) is 17.6 Å². The maximum atomic E-state index is 12.0. The summed E-state index contributed by atoms with van der Waals surface area (Å²) in [6, 6.07) is 5.91. The third kappa shape index (κ3) is 3.37. The van der Waals surface area contributed by atoms with Crippen molar-refractivity contribution in [3.05, 3.63) is 45.6 Å². The highest BCUT2D eigenvalue weighted by Gasteiger charge is 2.24. The predicted octanol–water partition coefficient (Wildman–Crippen LogP) is 2.73. The minimum Gasteiger partial charge on any atom is -0.477 e. The first-order valence-corrected chi connectivity index (χ1v) is 7.68. The van der Waals surface area contributed by atoms with Gasteiger partial charge >= 0.3 is 5.69 Å². The molecule has 8 nitrogen and oxygen atoms in total. The molecule has 1 atom stereocenters. The quantitative estimate of drug-likeness (QED) is 0.666. The Morgan fingerprint density at radius 3 is 3.08 bits per heavy atom. The van der Waals surface area contributed by atoms with Crippen molar-refractivity contribution in [1.29, 1.82) is 0 Å². The molecule has 0 saturated heterocycles. The van der Waals surface area contributed by atoms with Crippen LogP contribution in [0.25, 0.3) is 0 Å². The van der Waals surface area contributed by atoms with Crippen molar-refractivity contribution in [2.45, 2.75) is 26.2 Å². The molecule has 0 radical (unpaired) electrons. The summed E-state index contributed by atoms with van der Waals surface area (Å²) in [5.41, 5.74) is 1.62. The number of carbonyl (C=O) groups excluding carboxylic acids is 1. The van der Waals surface area contributed by atoms with E-state index in [0.29, 0.717) is 11.8 Å². The zero-order valence-corrected chi connectivity index (χ0v) is 13.2. The highest BCUT2D eigenvalue weighted by molar-refractivity contribution is 5.91. The van der Waals surface area contributed by atoms with E-state index in [1.165, 1.54) is 18.2 Å². The van der Waals surface area contributed by atoms with Gasteiger partial charge in [0.05, 0.1) is 10.6 Å². The second kappa shape index (κ2) is 6.69. The Balaban J connectivity index is 1.63. The molecule has 1 heterocycles. The summed E-state index contributed by atoms with van der Waals surface area (Å²) in [6.45, 7) is 1.79. The van der Waals surface area contributed by atoms with Gasteiger partial charge in [0.15, 0.2) is 12.4 Å². The summed E-state index contributed by atoms with van der Waals surface area (Å²) in [6.07, 6.45) is 2.69. The number of aromatic nitrogens is 1. The van der Waals surface area contributed by atoms with Crippen LogP contribution in [0.15, 0.2) is 28.8 Å². The summed E-state index contributed by atoms with van der Waals surface area (Å²) < 4.78 is 10.5. The van der Waals surface area contributed by atoms with Gasteiger partial charge in [-0.25, -0.2) is 0 Å². The lowest BCUT2D eigenvalue weighted by Crippen LogP contribution is -2.21. The molecule has 1 aromatic heterocycles. The van der Waals surface area contributed by atoms with Crippen molar-refractivity contribution < 1.29 is 19.0 Å². The molecule has 126 valence electrons. The number of amides is 1. The highest BCUT2D eigenvalue weighted by Crippen LogP contribution is 2.30. The molecule has 0 fully saturated rings. The Hall–Kier alpha value is -2.90. The average molecular weight is 331 g/mol. The van der Waals surface area contributed by atoms with E-state index in [9.17, 15) is 14.9 Å². The van der Waals surface area contributed by atoms with E-state index in [-0.39, 0.29) is 18.0 Å². The first-order valence-electron chi connectivity index (χ1n) is 7.68. The molecule has 1 amide bonds. The Kier molecular flexibility index (Phi) is 4.45. The smallest absolute Gasteiger partial charge is 0.310 e. The minimum absolute atomic E-state index is 0.0471. The molecule has 1 aromatic carbocycles. The number of nitrogens with zero attached hydrogens (tertiary/aromatic N) is 2. The molecule has 1 aliphatic carbocycles. The largest absolute Gasteiger partial charge is 0.477 e. The van der Waals surface area contributed by atoms with Crippen molar-refractivity contribution in [1.82, 2.24) is 5.16 Å². The molecule has 0 aliphatic heterocycles. The van der Waals surface area contributed by atoms with Gasteiger partial charge in [-0.15, -0.1) is 0 Å². The minimum atomic E-state index is -0.554. The second-order valence-electron chi connectivity index (χ2n) is 5.85. The van der Waals surface area contributed by atoms with Crippen LogP contribution in [0, 0.1) is 16.0 Å². The molecule has 1 N–H and O–H groups in total. The number of ether oxygens (including phenoxy) is 1. The molecule has 2 aromatic rings. The summed E-state index contributed by atoms with van der Waals surface area (Å²) in [5.74, 6) is 0.444. The topological polar surface area (TPSA) is 108 Å². The van der Waals surface area contributed by atoms with Crippen molar-refractivity contribution in [3.8, 4) is 5.75 Å².